The van der Waals surface area contributed by atoms with Gasteiger partial charge in [0.05, 0.1) is 10.9 Å². The van der Waals surface area contributed by atoms with Crippen molar-refractivity contribution >= 4 is 31.9 Å². The lowest BCUT2D eigenvalue weighted by Crippen LogP contribution is -2.43. The van der Waals surface area contributed by atoms with E-state index in [1.165, 1.54) is 27.7 Å². The van der Waals surface area contributed by atoms with Crippen LogP contribution in [0.2, 0.25) is 0 Å². The smallest absolute Gasteiger partial charge is 0.407 e. The second-order valence-electron chi connectivity index (χ2n) is 8.59. The van der Waals surface area contributed by atoms with Gasteiger partial charge in [-0.25, -0.2) is 13.2 Å². The molecule has 1 fully saturated rings. The van der Waals surface area contributed by atoms with Crippen molar-refractivity contribution in [1.82, 2.24) is 9.47 Å². The van der Waals surface area contributed by atoms with Crippen molar-refractivity contribution in [2.24, 2.45) is 0 Å². The summed E-state index contributed by atoms with van der Waals surface area (Å²) in [6.07, 6.45) is 2.45. The fourth-order valence-electron chi connectivity index (χ4n) is 4.37. The van der Waals surface area contributed by atoms with Gasteiger partial charge in [-0.1, -0.05) is 22.0 Å². The average Bonchev–Trinajstić information content (AvgIpc) is 2.78. The standard InChI is InChI=1S/C25H25BrN2O6S/c1-16-13-17(26)3-8-22(16)23-14-19(10-12-28(23)25(30)31)34-20-9-11-27(24(29)15-20)18-4-6-21(7-5-18)35(2,32)33/h3-9,11,13,15,19,23H,10,12,14H2,1-2H3,(H,30,31). The number of pyridine rings is 1. The molecule has 1 aliphatic heterocycles. The quantitative estimate of drug-likeness (QED) is 0.489. The molecule has 4 rings (SSSR count). The normalized spacial score (nSPS) is 18.3. The first kappa shape index (κ1) is 25.0. The molecule has 35 heavy (non-hydrogen) atoms. The van der Waals surface area contributed by atoms with Crippen LogP contribution in [0.1, 0.15) is 30.0 Å². The van der Waals surface area contributed by atoms with Crippen LogP contribution >= 0.6 is 15.9 Å². The van der Waals surface area contributed by atoms with Crippen LogP contribution in [-0.2, 0) is 9.84 Å². The molecule has 8 nitrogen and oxygen atoms in total. The Bertz CT molecular complexity index is 1420. The molecule has 2 unspecified atom stereocenters. The van der Waals surface area contributed by atoms with Crippen LogP contribution in [0.3, 0.4) is 0 Å². The first-order valence-electron chi connectivity index (χ1n) is 11.0. The number of aryl methyl sites for hydroxylation is 1. The van der Waals surface area contributed by atoms with Gasteiger partial charge in [0.1, 0.15) is 11.9 Å². The molecule has 0 bridgehead atoms. The lowest BCUT2D eigenvalue weighted by molar-refractivity contribution is 0.0537. The van der Waals surface area contributed by atoms with Crippen LogP contribution in [0.25, 0.3) is 5.69 Å². The minimum Gasteiger partial charge on any atom is -0.490 e. The molecular formula is C25H25BrN2O6S. The predicted molar refractivity (Wildman–Crippen MR) is 135 cm³/mol. The van der Waals surface area contributed by atoms with Gasteiger partial charge in [-0.05, 0) is 60.5 Å². The summed E-state index contributed by atoms with van der Waals surface area (Å²) >= 11 is 3.45. The highest BCUT2D eigenvalue weighted by Crippen LogP contribution is 2.35. The fraction of sp³-hybridized carbons (Fsp3) is 0.280. The number of hydrogen-bond donors (Lipinski definition) is 1. The summed E-state index contributed by atoms with van der Waals surface area (Å²) in [5.74, 6) is 0.402. The van der Waals surface area contributed by atoms with E-state index in [0.717, 1.165) is 21.9 Å². The number of halogens is 1. The molecule has 0 aliphatic carbocycles. The van der Waals surface area contributed by atoms with E-state index in [4.69, 9.17) is 4.74 Å². The monoisotopic (exact) mass is 560 g/mol. The topological polar surface area (TPSA) is 106 Å². The van der Waals surface area contributed by atoms with Gasteiger partial charge in [-0.2, -0.15) is 0 Å². The zero-order chi connectivity index (χ0) is 25.3. The van der Waals surface area contributed by atoms with Crippen LogP contribution in [0.15, 0.2) is 75.0 Å². The zero-order valence-corrected chi connectivity index (χ0v) is 21.6. The molecule has 10 heteroatoms. The maximum absolute atomic E-state index is 12.7. The van der Waals surface area contributed by atoms with Gasteiger partial charge in [0.15, 0.2) is 9.84 Å². The Hall–Kier alpha value is -3.11. The Kier molecular flexibility index (Phi) is 7.05. The van der Waals surface area contributed by atoms with Gasteiger partial charge in [-0.15, -0.1) is 0 Å². The second kappa shape index (κ2) is 9.87. The summed E-state index contributed by atoms with van der Waals surface area (Å²) in [5, 5.41) is 9.73. The van der Waals surface area contributed by atoms with Gasteiger partial charge >= 0.3 is 6.09 Å². The Labute approximate surface area is 211 Å². The van der Waals surface area contributed by atoms with E-state index in [9.17, 15) is 23.1 Å². The highest BCUT2D eigenvalue weighted by molar-refractivity contribution is 9.10. The number of ether oxygens (including phenoxy) is 1. The van der Waals surface area contributed by atoms with E-state index < -0.39 is 15.9 Å². The Balaban J connectivity index is 1.53. The molecule has 1 aromatic heterocycles. The van der Waals surface area contributed by atoms with Crippen molar-refractivity contribution in [2.75, 3.05) is 12.8 Å². The predicted octanol–water partition coefficient (Wildman–Crippen LogP) is 4.57. The molecule has 2 atom stereocenters. The largest absolute Gasteiger partial charge is 0.490 e. The molecule has 3 aromatic rings. The van der Waals surface area contributed by atoms with Crippen molar-refractivity contribution in [2.45, 2.75) is 36.8 Å². The number of benzene rings is 2. The SMILES string of the molecule is Cc1cc(Br)ccc1C1CC(Oc2ccn(-c3ccc(S(C)(=O)=O)cc3)c(=O)c2)CCN1C(=O)O. The van der Waals surface area contributed by atoms with Crippen molar-refractivity contribution in [3.63, 3.8) is 0 Å². The highest BCUT2D eigenvalue weighted by Gasteiger charge is 2.34. The fourth-order valence-corrected chi connectivity index (χ4v) is 5.48. The number of sulfone groups is 1. The van der Waals surface area contributed by atoms with Gasteiger partial charge in [0.25, 0.3) is 5.56 Å². The summed E-state index contributed by atoms with van der Waals surface area (Å²) in [6, 6.07) is 14.6. The Morgan fingerprint density at radius 2 is 1.83 bits per heavy atom. The van der Waals surface area contributed by atoms with Crippen LogP contribution < -0.4 is 10.3 Å². The molecule has 0 saturated carbocycles. The average molecular weight is 561 g/mol. The summed E-state index contributed by atoms with van der Waals surface area (Å²) in [7, 11) is -3.32. The summed E-state index contributed by atoms with van der Waals surface area (Å²) in [5.41, 5.74) is 2.13. The molecule has 2 aromatic carbocycles. The van der Waals surface area contributed by atoms with Gasteiger partial charge < -0.3 is 14.7 Å². The number of carboxylic acid groups (broad SMARTS) is 1. The number of carbonyl (C=O) groups is 1. The Morgan fingerprint density at radius 1 is 1.11 bits per heavy atom. The number of nitrogens with zero attached hydrogens (tertiary/aromatic N) is 2. The van der Waals surface area contributed by atoms with Crippen molar-refractivity contribution in [1.29, 1.82) is 0 Å². The van der Waals surface area contributed by atoms with Gasteiger partial charge in [-0.3, -0.25) is 9.36 Å². The van der Waals surface area contributed by atoms with Crippen molar-refractivity contribution in [3.05, 3.63) is 86.7 Å². The lowest BCUT2D eigenvalue weighted by Gasteiger charge is -2.38. The highest BCUT2D eigenvalue weighted by atomic mass is 79.9. The van der Waals surface area contributed by atoms with E-state index in [0.29, 0.717) is 30.8 Å². The van der Waals surface area contributed by atoms with Crippen LogP contribution in [0, 0.1) is 6.92 Å². The van der Waals surface area contributed by atoms with Crippen LogP contribution in [0.5, 0.6) is 5.75 Å². The first-order valence-corrected chi connectivity index (χ1v) is 13.7. The summed E-state index contributed by atoms with van der Waals surface area (Å²) < 4.78 is 31.8. The number of aromatic nitrogens is 1. The van der Waals surface area contributed by atoms with Crippen molar-refractivity contribution < 1.29 is 23.1 Å². The van der Waals surface area contributed by atoms with Crippen LogP contribution in [0.4, 0.5) is 4.79 Å². The number of rotatable bonds is 5. The van der Waals surface area contributed by atoms with Crippen molar-refractivity contribution in [3.8, 4) is 11.4 Å². The molecule has 1 amide bonds. The van der Waals surface area contributed by atoms with Crippen LogP contribution in [-0.4, -0.2) is 48.0 Å². The zero-order valence-electron chi connectivity index (χ0n) is 19.2. The maximum Gasteiger partial charge on any atom is 0.407 e. The van der Waals surface area contributed by atoms with E-state index in [2.05, 4.69) is 15.9 Å². The number of amides is 1. The molecule has 1 saturated heterocycles. The van der Waals surface area contributed by atoms with E-state index in [1.807, 2.05) is 25.1 Å². The molecule has 2 heterocycles. The molecule has 0 radical (unpaired) electrons. The summed E-state index contributed by atoms with van der Waals surface area (Å²) in [4.78, 5) is 26.2. The molecule has 0 spiro atoms. The van der Waals surface area contributed by atoms with E-state index >= 15 is 0 Å². The second-order valence-corrected chi connectivity index (χ2v) is 11.5. The van der Waals surface area contributed by atoms with Gasteiger partial charge in [0, 0.05) is 48.1 Å². The first-order chi connectivity index (χ1) is 16.5. The third-order valence-corrected chi connectivity index (χ3v) is 7.75. The number of likely N-dealkylation sites (tertiary alicyclic amines) is 1. The minimum absolute atomic E-state index is 0.178. The van der Waals surface area contributed by atoms with E-state index in [-0.39, 0.29) is 22.6 Å². The molecule has 1 N–H and O–H groups in total. The summed E-state index contributed by atoms with van der Waals surface area (Å²) in [6.45, 7) is 2.27. The number of hydrogen-bond acceptors (Lipinski definition) is 5. The molecule has 1 aliphatic rings. The number of piperidine rings is 1. The Morgan fingerprint density at radius 3 is 2.43 bits per heavy atom. The molecule has 184 valence electrons. The third kappa shape index (κ3) is 5.59. The lowest BCUT2D eigenvalue weighted by atomic mass is 9.91. The van der Waals surface area contributed by atoms with Gasteiger partial charge in [0.2, 0.25) is 0 Å². The molecular weight excluding hydrogens is 536 g/mol. The third-order valence-electron chi connectivity index (χ3n) is 6.13. The minimum atomic E-state index is -3.32. The van der Waals surface area contributed by atoms with E-state index in [1.54, 1.807) is 24.4 Å². The maximum atomic E-state index is 12.7.